The summed E-state index contributed by atoms with van der Waals surface area (Å²) in [6.45, 7) is 1.79. The van der Waals surface area contributed by atoms with E-state index in [-0.39, 0.29) is 5.96 Å². The minimum absolute atomic E-state index is 0.116. The van der Waals surface area contributed by atoms with Crippen LogP contribution in [0.1, 0.15) is 0 Å². The molecule has 1 aromatic heterocycles. The maximum absolute atomic E-state index is 7.21. The van der Waals surface area contributed by atoms with Crippen LogP contribution < -0.4 is 21.7 Å². The van der Waals surface area contributed by atoms with Gasteiger partial charge in [0.05, 0.1) is 11.4 Å². The molecule has 0 saturated carbocycles. The number of aliphatic imine (C=N–C) groups is 1. The molecule has 0 aliphatic carbocycles. The third-order valence-corrected chi connectivity index (χ3v) is 3.60. The number of nitrogens with two attached hydrogens (primary N) is 1. The van der Waals surface area contributed by atoms with E-state index in [0.717, 1.165) is 36.0 Å². The van der Waals surface area contributed by atoms with Crippen LogP contribution >= 0.6 is 11.3 Å². The largest absolute Gasteiger partial charge is 0.370 e. The molecule has 1 fully saturated rings. The summed E-state index contributed by atoms with van der Waals surface area (Å²) in [5.74, 6) is 0.679. The summed E-state index contributed by atoms with van der Waals surface area (Å²) in [5.41, 5.74) is 7.96. The Morgan fingerprint density at radius 3 is 2.95 bits per heavy atom. The molecule has 1 aliphatic rings. The van der Waals surface area contributed by atoms with Gasteiger partial charge in [0, 0.05) is 24.0 Å². The highest BCUT2D eigenvalue weighted by atomic mass is 32.1. The molecule has 0 bridgehead atoms. The number of nitrogens with one attached hydrogen (secondary N) is 4. The van der Waals surface area contributed by atoms with Crippen LogP contribution in [0.4, 0.5) is 10.8 Å². The number of rotatable bonds is 3. The van der Waals surface area contributed by atoms with Crippen molar-refractivity contribution in [1.29, 1.82) is 5.41 Å². The van der Waals surface area contributed by atoms with Gasteiger partial charge in [-0.3, -0.25) is 5.41 Å². The molecule has 0 radical (unpaired) electrons. The molecule has 108 valence electrons. The number of nitrogens with zero attached hydrogens (tertiary/aromatic N) is 2. The molecule has 7 nitrogen and oxygen atoms in total. The topological polar surface area (TPSA) is 111 Å². The third-order valence-electron chi connectivity index (χ3n) is 2.84. The second kappa shape index (κ2) is 5.80. The van der Waals surface area contributed by atoms with E-state index in [1.54, 1.807) is 0 Å². The molecule has 1 aliphatic heterocycles. The maximum Gasteiger partial charge on any atom is 0.196 e. The van der Waals surface area contributed by atoms with Crippen LogP contribution in [0.5, 0.6) is 0 Å². The van der Waals surface area contributed by atoms with Crippen LogP contribution in [0, 0.1) is 5.41 Å². The first-order valence-corrected chi connectivity index (χ1v) is 7.32. The van der Waals surface area contributed by atoms with Crippen molar-refractivity contribution in [2.45, 2.75) is 0 Å². The summed E-state index contributed by atoms with van der Waals surface area (Å²) < 4.78 is 0. The van der Waals surface area contributed by atoms with Crippen molar-refractivity contribution >= 4 is 34.1 Å². The molecular weight excluding hydrogens is 286 g/mol. The number of anilines is 1. The first-order valence-electron chi connectivity index (χ1n) is 6.44. The Labute approximate surface area is 125 Å². The highest BCUT2D eigenvalue weighted by Gasteiger charge is 2.08. The summed E-state index contributed by atoms with van der Waals surface area (Å²) >= 11 is 1.41. The minimum atomic E-state index is -0.116. The van der Waals surface area contributed by atoms with Crippen LogP contribution in [0.2, 0.25) is 0 Å². The van der Waals surface area contributed by atoms with Gasteiger partial charge < -0.3 is 21.7 Å². The summed E-state index contributed by atoms with van der Waals surface area (Å²) in [7, 11) is 0. The maximum atomic E-state index is 7.21. The molecule has 21 heavy (non-hydrogen) atoms. The van der Waals surface area contributed by atoms with Crippen molar-refractivity contribution in [3.05, 3.63) is 29.6 Å². The Kier molecular flexibility index (Phi) is 3.69. The average molecular weight is 301 g/mol. The van der Waals surface area contributed by atoms with Gasteiger partial charge in [-0.2, -0.15) is 0 Å². The van der Waals surface area contributed by atoms with Gasteiger partial charge in [-0.05, 0) is 12.1 Å². The molecule has 1 aromatic carbocycles. The lowest BCUT2D eigenvalue weighted by molar-refractivity contribution is 0.942. The highest BCUT2D eigenvalue weighted by molar-refractivity contribution is 7.14. The van der Waals surface area contributed by atoms with E-state index in [0.29, 0.717) is 5.13 Å². The molecule has 0 atom stereocenters. The molecule has 1 saturated heterocycles. The van der Waals surface area contributed by atoms with E-state index in [1.807, 2.05) is 29.6 Å². The summed E-state index contributed by atoms with van der Waals surface area (Å²) in [5, 5.41) is 18.8. The summed E-state index contributed by atoms with van der Waals surface area (Å²) in [4.78, 5) is 8.90. The van der Waals surface area contributed by atoms with Crippen molar-refractivity contribution < 1.29 is 0 Å². The molecule has 0 spiro atoms. The fraction of sp³-hybridized carbons (Fsp3) is 0.154. The Hall–Kier alpha value is -2.61. The number of guanidine groups is 2. The fourth-order valence-electron chi connectivity index (χ4n) is 1.95. The molecule has 2 aromatic rings. The van der Waals surface area contributed by atoms with Crippen LogP contribution in [0.15, 0.2) is 34.6 Å². The van der Waals surface area contributed by atoms with Gasteiger partial charge in [0.25, 0.3) is 0 Å². The van der Waals surface area contributed by atoms with Gasteiger partial charge in [-0.25, -0.2) is 9.98 Å². The van der Waals surface area contributed by atoms with Gasteiger partial charge in [0.15, 0.2) is 17.1 Å². The van der Waals surface area contributed by atoms with Crippen LogP contribution in [0.25, 0.3) is 11.3 Å². The van der Waals surface area contributed by atoms with Crippen LogP contribution in [-0.4, -0.2) is 30.0 Å². The second-order valence-corrected chi connectivity index (χ2v) is 5.30. The van der Waals surface area contributed by atoms with Gasteiger partial charge in [-0.15, -0.1) is 11.3 Å². The van der Waals surface area contributed by atoms with E-state index in [2.05, 4.69) is 25.9 Å². The predicted molar refractivity (Wildman–Crippen MR) is 86.2 cm³/mol. The molecule has 8 heteroatoms. The van der Waals surface area contributed by atoms with Crippen LogP contribution in [-0.2, 0) is 0 Å². The molecule has 6 N–H and O–H groups in total. The van der Waals surface area contributed by atoms with Gasteiger partial charge in [0.1, 0.15) is 0 Å². The summed E-state index contributed by atoms with van der Waals surface area (Å²) in [6, 6.07) is 7.84. The molecule has 3 rings (SSSR count). The van der Waals surface area contributed by atoms with E-state index in [9.17, 15) is 0 Å². The number of hydrogen-bond donors (Lipinski definition) is 5. The zero-order chi connectivity index (χ0) is 14.7. The average Bonchev–Trinajstić information content (AvgIpc) is 3.10. The molecule has 0 unspecified atom stereocenters. The standard InChI is InChI=1S/C13H15N7S/c14-11(15)20-13-19-10(7-21-13)8-2-1-3-9(6-8)18-12-16-4-5-17-12/h1-3,6-7H,4-5H2,(H2,16,17,18)(H4,14,15,19,20). The van der Waals surface area contributed by atoms with Crippen molar-refractivity contribution in [1.82, 2.24) is 15.6 Å². The quantitative estimate of drug-likeness (QED) is 0.433. The first kappa shape index (κ1) is 13.4. The van der Waals surface area contributed by atoms with Gasteiger partial charge in [-0.1, -0.05) is 12.1 Å². The molecule has 0 amide bonds. The number of benzene rings is 1. The molecule has 2 heterocycles. The van der Waals surface area contributed by atoms with E-state index in [1.165, 1.54) is 11.3 Å². The predicted octanol–water partition coefficient (Wildman–Crippen LogP) is 1.30. The minimum Gasteiger partial charge on any atom is -0.370 e. The van der Waals surface area contributed by atoms with E-state index >= 15 is 0 Å². The number of hydrogen-bond acceptors (Lipinski definition) is 4. The highest BCUT2D eigenvalue weighted by Crippen LogP contribution is 2.27. The Balaban J connectivity index is 1.83. The lowest BCUT2D eigenvalue weighted by atomic mass is 10.1. The van der Waals surface area contributed by atoms with Crippen LogP contribution in [0.3, 0.4) is 0 Å². The Morgan fingerprint density at radius 1 is 1.38 bits per heavy atom. The van der Waals surface area contributed by atoms with Crippen molar-refractivity contribution in [3.63, 3.8) is 0 Å². The normalized spacial score (nSPS) is 13.4. The second-order valence-electron chi connectivity index (χ2n) is 4.44. The van der Waals surface area contributed by atoms with Gasteiger partial charge >= 0.3 is 0 Å². The lowest BCUT2D eigenvalue weighted by Gasteiger charge is -2.01. The SMILES string of the molecule is N=C(N)Nc1nc(-c2cccc(N=C3NCCN3)c2)cs1. The first-order chi connectivity index (χ1) is 10.2. The summed E-state index contributed by atoms with van der Waals surface area (Å²) in [6.07, 6.45) is 0. The van der Waals surface area contributed by atoms with Gasteiger partial charge in [0.2, 0.25) is 0 Å². The zero-order valence-electron chi connectivity index (χ0n) is 11.2. The molecular formula is C13H15N7S. The van der Waals surface area contributed by atoms with Crippen molar-refractivity contribution in [2.75, 3.05) is 18.4 Å². The fourth-order valence-corrected chi connectivity index (χ4v) is 2.68. The lowest BCUT2D eigenvalue weighted by Crippen LogP contribution is -2.23. The van der Waals surface area contributed by atoms with Crippen molar-refractivity contribution in [3.8, 4) is 11.3 Å². The van der Waals surface area contributed by atoms with Crippen molar-refractivity contribution in [2.24, 2.45) is 10.7 Å². The Morgan fingerprint density at radius 2 is 2.19 bits per heavy atom. The van der Waals surface area contributed by atoms with E-state index < -0.39 is 0 Å². The monoisotopic (exact) mass is 301 g/mol. The smallest absolute Gasteiger partial charge is 0.196 e. The Bertz CT molecular complexity index is 683. The number of thiazole rings is 1. The third kappa shape index (κ3) is 3.29. The number of aromatic nitrogens is 1. The van der Waals surface area contributed by atoms with E-state index in [4.69, 9.17) is 11.1 Å². The zero-order valence-corrected chi connectivity index (χ0v) is 12.0.